The molecule has 0 unspecified atom stereocenters. The van der Waals surface area contributed by atoms with E-state index in [1.807, 2.05) is 36.9 Å². The van der Waals surface area contributed by atoms with E-state index < -0.39 is 0 Å². The van der Waals surface area contributed by atoms with E-state index in [9.17, 15) is 4.79 Å². The van der Waals surface area contributed by atoms with Gasteiger partial charge in [-0.3, -0.25) is 0 Å². The average molecular weight is 423 g/mol. The van der Waals surface area contributed by atoms with Gasteiger partial charge in [0.1, 0.15) is 0 Å². The van der Waals surface area contributed by atoms with Crippen molar-refractivity contribution in [2.75, 3.05) is 24.7 Å². The number of methoxy groups -OCH3 is 1. The Kier molecular flexibility index (Phi) is 8.91. The summed E-state index contributed by atoms with van der Waals surface area (Å²) in [4.78, 5) is 11.6. The highest BCUT2D eigenvalue weighted by molar-refractivity contribution is 7.98. The molecule has 0 aliphatic carbocycles. The van der Waals surface area contributed by atoms with Crippen molar-refractivity contribution in [1.29, 1.82) is 0 Å². The number of nitrogens with one attached hydrogen (secondary N) is 2. The molecule has 0 aromatic heterocycles. The van der Waals surface area contributed by atoms with Crippen molar-refractivity contribution in [2.45, 2.75) is 19.1 Å². The Hall–Kier alpha value is -1.76. The third-order valence-corrected chi connectivity index (χ3v) is 5.45. The molecule has 0 radical (unpaired) electrons. The Morgan fingerprint density at radius 1 is 1.22 bits per heavy atom. The predicted octanol–water partition coefficient (Wildman–Crippen LogP) is 5.04. The van der Waals surface area contributed by atoms with Crippen LogP contribution in [0.5, 0.6) is 0 Å². The van der Waals surface area contributed by atoms with Crippen LogP contribution in [-0.4, -0.2) is 30.5 Å². The molecule has 2 aromatic carbocycles. The molecule has 7 heteroatoms. The molecule has 0 aliphatic heterocycles. The summed E-state index contributed by atoms with van der Waals surface area (Å²) >= 11 is 13.1. The van der Waals surface area contributed by atoms with Crippen LogP contribution in [0.15, 0.2) is 42.5 Å². The minimum absolute atomic E-state index is 0.366. The number of esters is 1. The van der Waals surface area contributed by atoms with E-state index in [0.29, 0.717) is 10.7 Å². The first-order valence-electron chi connectivity index (χ1n) is 8.55. The average Bonchev–Trinajstić information content (AvgIpc) is 2.67. The molecule has 144 valence electrons. The van der Waals surface area contributed by atoms with Gasteiger partial charge in [-0.15, -0.1) is 0 Å². The number of anilines is 1. The molecule has 0 saturated heterocycles. The lowest BCUT2D eigenvalue weighted by molar-refractivity contribution is 0.0601. The number of carbonyl (C=O) groups is 1. The van der Waals surface area contributed by atoms with E-state index in [4.69, 9.17) is 28.6 Å². The van der Waals surface area contributed by atoms with E-state index >= 15 is 0 Å². The maximum atomic E-state index is 11.6. The van der Waals surface area contributed by atoms with Gasteiger partial charge in [0.05, 0.1) is 12.7 Å². The number of aryl methyl sites for hydroxylation is 1. The van der Waals surface area contributed by atoms with Crippen molar-refractivity contribution in [3.8, 4) is 0 Å². The SMILES string of the molecule is COC(=O)c1ccc(C)c(NC(=S)NCCCSCc2ccc(Cl)cc2)c1. The van der Waals surface area contributed by atoms with Crippen LogP contribution in [0.2, 0.25) is 5.02 Å². The highest BCUT2D eigenvalue weighted by Crippen LogP contribution is 2.18. The predicted molar refractivity (Wildman–Crippen MR) is 119 cm³/mol. The van der Waals surface area contributed by atoms with Gasteiger partial charge in [-0.25, -0.2) is 4.79 Å². The molecule has 0 spiro atoms. The zero-order valence-corrected chi connectivity index (χ0v) is 17.8. The number of benzene rings is 2. The number of rotatable bonds is 8. The summed E-state index contributed by atoms with van der Waals surface area (Å²) < 4.78 is 4.75. The number of thiocarbonyl (C=S) groups is 1. The van der Waals surface area contributed by atoms with Crippen LogP contribution in [0, 0.1) is 6.92 Å². The zero-order valence-electron chi connectivity index (χ0n) is 15.4. The topological polar surface area (TPSA) is 50.4 Å². The van der Waals surface area contributed by atoms with Crippen molar-refractivity contribution in [3.05, 3.63) is 64.2 Å². The van der Waals surface area contributed by atoms with E-state index in [0.717, 1.165) is 40.7 Å². The van der Waals surface area contributed by atoms with Gasteiger partial charge in [0.2, 0.25) is 0 Å². The number of carbonyl (C=O) groups excluding carboxylic acids is 1. The van der Waals surface area contributed by atoms with Crippen molar-refractivity contribution >= 4 is 52.3 Å². The van der Waals surface area contributed by atoms with Crippen LogP contribution in [0.4, 0.5) is 5.69 Å². The van der Waals surface area contributed by atoms with Crippen LogP contribution >= 0.6 is 35.6 Å². The normalized spacial score (nSPS) is 10.3. The smallest absolute Gasteiger partial charge is 0.337 e. The van der Waals surface area contributed by atoms with E-state index in [-0.39, 0.29) is 5.97 Å². The first-order valence-corrected chi connectivity index (χ1v) is 10.5. The molecule has 0 amide bonds. The minimum atomic E-state index is -0.366. The lowest BCUT2D eigenvalue weighted by atomic mass is 10.1. The van der Waals surface area contributed by atoms with Crippen LogP contribution in [0.3, 0.4) is 0 Å². The number of hydrogen-bond acceptors (Lipinski definition) is 4. The first-order chi connectivity index (χ1) is 13.0. The molecule has 0 saturated carbocycles. The second kappa shape index (κ2) is 11.2. The summed E-state index contributed by atoms with van der Waals surface area (Å²) in [5.41, 5.74) is 3.57. The fourth-order valence-corrected chi connectivity index (χ4v) is 3.57. The number of thioether (sulfide) groups is 1. The minimum Gasteiger partial charge on any atom is -0.465 e. The molecule has 0 aliphatic rings. The molecule has 0 fully saturated rings. The van der Waals surface area contributed by atoms with Crippen LogP contribution in [0.1, 0.15) is 27.9 Å². The third kappa shape index (κ3) is 7.40. The highest BCUT2D eigenvalue weighted by Gasteiger charge is 2.08. The van der Waals surface area contributed by atoms with Crippen molar-refractivity contribution in [2.24, 2.45) is 0 Å². The summed E-state index contributed by atoms with van der Waals surface area (Å²) in [5, 5.41) is 7.65. The van der Waals surface area contributed by atoms with Gasteiger partial charge >= 0.3 is 5.97 Å². The van der Waals surface area contributed by atoms with Crippen molar-refractivity contribution < 1.29 is 9.53 Å². The fraction of sp³-hybridized carbons (Fsp3) is 0.300. The van der Waals surface area contributed by atoms with Gasteiger partial charge in [0, 0.05) is 23.0 Å². The second-order valence-electron chi connectivity index (χ2n) is 5.93. The van der Waals surface area contributed by atoms with Gasteiger partial charge in [-0.1, -0.05) is 29.8 Å². The monoisotopic (exact) mass is 422 g/mol. The summed E-state index contributed by atoms with van der Waals surface area (Å²) in [6.07, 6.45) is 1.00. The lowest BCUT2D eigenvalue weighted by Gasteiger charge is -2.13. The molecule has 0 bridgehead atoms. The number of hydrogen-bond donors (Lipinski definition) is 2. The van der Waals surface area contributed by atoms with Gasteiger partial charge < -0.3 is 15.4 Å². The molecule has 2 N–H and O–H groups in total. The summed E-state index contributed by atoms with van der Waals surface area (Å²) in [6.45, 7) is 2.74. The van der Waals surface area contributed by atoms with Crippen LogP contribution in [0.25, 0.3) is 0 Å². The van der Waals surface area contributed by atoms with Gasteiger partial charge in [0.25, 0.3) is 0 Å². The first kappa shape index (κ1) is 21.5. The summed E-state index contributed by atoms with van der Waals surface area (Å²) in [7, 11) is 1.37. The maximum Gasteiger partial charge on any atom is 0.337 e. The summed E-state index contributed by atoms with van der Waals surface area (Å²) in [5.74, 6) is 1.64. The Bertz CT molecular complexity index is 782. The Labute approximate surface area is 175 Å². The van der Waals surface area contributed by atoms with E-state index in [1.54, 1.807) is 12.1 Å². The van der Waals surface area contributed by atoms with Crippen LogP contribution < -0.4 is 10.6 Å². The zero-order chi connectivity index (χ0) is 19.6. The number of ether oxygens (including phenoxy) is 1. The number of halogens is 1. The highest BCUT2D eigenvalue weighted by atomic mass is 35.5. The van der Waals surface area contributed by atoms with Gasteiger partial charge in [0.15, 0.2) is 5.11 Å². The maximum absolute atomic E-state index is 11.6. The van der Waals surface area contributed by atoms with Crippen molar-refractivity contribution in [1.82, 2.24) is 5.32 Å². The molecule has 0 atom stereocenters. The Morgan fingerprint density at radius 3 is 2.67 bits per heavy atom. The van der Waals surface area contributed by atoms with Crippen LogP contribution in [-0.2, 0) is 10.5 Å². The fourth-order valence-electron chi connectivity index (χ4n) is 2.31. The second-order valence-corrected chi connectivity index (χ2v) is 7.88. The largest absolute Gasteiger partial charge is 0.465 e. The molecule has 2 rings (SSSR count). The van der Waals surface area contributed by atoms with Gasteiger partial charge in [-0.2, -0.15) is 11.8 Å². The molecule has 27 heavy (non-hydrogen) atoms. The molecular weight excluding hydrogens is 400 g/mol. The van der Waals surface area contributed by atoms with E-state index in [1.165, 1.54) is 12.7 Å². The lowest BCUT2D eigenvalue weighted by Crippen LogP contribution is -2.29. The van der Waals surface area contributed by atoms with E-state index in [2.05, 4.69) is 22.8 Å². The Morgan fingerprint density at radius 2 is 1.96 bits per heavy atom. The molecule has 0 heterocycles. The standard InChI is InChI=1S/C20H23ClN2O2S2/c1-14-4-7-16(19(24)25-2)12-18(14)23-20(26)22-10-3-11-27-13-15-5-8-17(21)9-6-15/h4-9,12H,3,10-11,13H2,1-2H3,(H2,22,23,26). The third-order valence-electron chi connectivity index (χ3n) is 3.84. The molecule has 2 aromatic rings. The molecular formula is C20H23ClN2O2S2. The Balaban J connectivity index is 1.69. The summed E-state index contributed by atoms with van der Waals surface area (Å²) in [6, 6.07) is 13.3. The quantitative estimate of drug-likeness (QED) is 0.353. The molecule has 4 nitrogen and oxygen atoms in total. The van der Waals surface area contributed by atoms with Crippen molar-refractivity contribution in [3.63, 3.8) is 0 Å². The van der Waals surface area contributed by atoms with Gasteiger partial charge in [-0.05, 0) is 66.7 Å².